The molecule has 82 valence electrons. The number of nitrogens with two attached hydrogens (primary N) is 1. The Hall–Kier alpha value is -1.39. The van der Waals surface area contributed by atoms with Crippen molar-refractivity contribution in [3.63, 3.8) is 0 Å². The molecule has 2 rings (SSSR count). The van der Waals surface area contributed by atoms with Crippen LogP contribution in [0.15, 0.2) is 0 Å². The van der Waals surface area contributed by atoms with E-state index >= 15 is 0 Å². The van der Waals surface area contributed by atoms with Gasteiger partial charge in [0.25, 0.3) is 0 Å². The van der Waals surface area contributed by atoms with Gasteiger partial charge in [-0.25, -0.2) is 0 Å². The van der Waals surface area contributed by atoms with E-state index in [1.807, 2.05) is 0 Å². The molecule has 5 heteroatoms. The summed E-state index contributed by atoms with van der Waals surface area (Å²) in [6.45, 7) is -0.259. The molecule has 0 aromatic rings. The van der Waals surface area contributed by atoms with E-state index in [2.05, 4.69) is 0 Å². The standard InChI is InChI=1S/C10H14N2O3/c11-8(13)5-12-9(14)6-3-1-2-4-7(6)10(12)15/h6-7H,1-5H2,(H2,11,13). The van der Waals surface area contributed by atoms with E-state index in [0.29, 0.717) is 0 Å². The van der Waals surface area contributed by atoms with Gasteiger partial charge in [-0.3, -0.25) is 19.3 Å². The van der Waals surface area contributed by atoms with Crippen LogP contribution in [0.4, 0.5) is 0 Å². The van der Waals surface area contributed by atoms with Crippen LogP contribution in [0.3, 0.4) is 0 Å². The van der Waals surface area contributed by atoms with Gasteiger partial charge in [0.2, 0.25) is 17.7 Å². The SMILES string of the molecule is NC(=O)CN1C(=O)C2CCCCC2C1=O. The summed E-state index contributed by atoms with van der Waals surface area (Å²) < 4.78 is 0. The molecule has 2 N–H and O–H groups in total. The Morgan fingerprint density at radius 2 is 1.67 bits per heavy atom. The molecular formula is C10H14N2O3. The molecule has 2 unspecified atom stereocenters. The van der Waals surface area contributed by atoms with Crippen LogP contribution >= 0.6 is 0 Å². The summed E-state index contributed by atoms with van der Waals surface area (Å²) in [5, 5.41) is 0. The van der Waals surface area contributed by atoms with Crippen molar-refractivity contribution in [2.24, 2.45) is 17.6 Å². The zero-order valence-electron chi connectivity index (χ0n) is 8.44. The minimum atomic E-state index is -0.629. The lowest BCUT2D eigenvalue weighted by molar-refractivity contribution is -0.143. The fourth-order valence-electron chi connectivity index (χ4n) is 2.54. The number of carbonyl (C=O) groups is 3. The van der Waals surface area contributed by atoms with E-state index in [0.717, 1.165) is 30.6 Å². The highest BCUT2D eigenvalue weighted by atomic mass is 16.2. The van der Waals surface area contributed by atoms with Gasteiger partial charge in [-0.05, 0) is 12.8 Å². The molecule has 2 fully saturated rings. The first-order chi connectivity index (χ1) is 7.11. The zero-order chi connectivity index (χ0) is 11.0. The van der Waals surface area contributed by atoms with Crippen molar-refractivity contribution < 1.29 is 14.4 Å². The number of nitrogens with zero attached hydrogens (tertiary/aromatic N) is 1. The summed E-state index contributed by atoms with van der Waals surface area (Å²) in [6, 6.07) is 0. The molecule has 1 saturated carbocycles. The minimum Gasteiger partial charge on any atom is -0.368 e. The number of hydrogen-bond donors (Lipinski definition) is 1. The molecular weight excluding hydrogens is 196 g/mol. The smallest absolute Gasteiger partial charge is 0.237 e. The Kier molecular flexibility index (Phi) is 2.46. The Labute approximate surface area is 87.6 Å². The molecule has 1 heterocycles. The average molecular weight is 210 g/mol. The van der Waals surface area contributed by atoms with E-state index in [9.17, 15) is 14.4 Å². The number of hydrogen-bond acceptors (Lipinski definition) is 3. The van der Waals surface area contributed by atoms with E-state index in [1.165, 1.54) is 0 Å². The maximum atomic E-state index is 11.8. The van der Waals surface area contributed by atoms with Gasteiger partial charge in [-0.2, -0.15) is 0 Å². The fourth-order valence-corrected chi connectivity index (χ4v) is 2.54. The summed E-state index contributed by atoms with van der Waals surface area (Å²) in [4.78, 5) is 35.3. The largest absolute Gasteiger partial charge is 0.368 e. The molecule has 1 saturated heterocycles. The maximum Gasteiger partial charge on any atom is 0.237 e. The van der Waals surface area contributed by atoms with Crippen LogP contribution in [-0.2, 0) is 14.4 Å². The van der Waals surface area contributed by atoms with Crippen molar-refractivity contribution >= 4 is 17.7 Å². The third-order valence-corrected chi connectivity index (χ3v) is 3.25. The van der Waals surface area contributed by atoms with Gasteiger partial charge in [0.15, 0.2) is 0 Å². The fraction of sp³-hybridized carbons (Fsp3) is 0.700. The van der Waals surface area contributed by atoms with Crippen molar-refractivity contribution in [3.05, 3.63) is 0 Å². The van der Waals surface area contributed by atoms with Gasteiger partial charge in [-0.1, -0.05) is 12.8 Å². The summed E-state index contributed by atoms with van der Waals surface area (Å²) in [6.07, 6.45) is 3.52. The van der Waals surface area contributed by atoms with Gasteiger partial charge in [0.1, 0.15) is 6.54 Å². The van der Waals surface area contributed by atoms with Gasteiger partial charge >= 0.3 is 0 Å². The predicted molar refractivity (Wildman–Crippen MR) is 51.4 cm³/mol. The first-order valence-corrected chi connectivity index (χ1v) is 5.25. The lowest BCUT2D eigenvalue weighted by Gasteiger charge is -2.19. The lowest BCUT2D eigenvalue weighted by atomic mass is 9.81. The van der Waals surface area contributed by atoms with Gasteiger partial charge in [0.05, 0.1) is 11.8 Å². The Morgan fingerprint density at radius 1 is 1.20 bits per heavy atom. The van der Waals surface area contributed by atoms with Crippen LogP contribution in [-0.4, -0.2) is 29.2 Å². The molecule has 0 radical (unpaired) electrons. The zero-order valence-corrected chi connectivity index (χ0v) is 8.44. The molecule has 1 aliphatic carbocycles. The van der Waals surface area contributed by atoms with E-state index in [1.54, 1.807) is 0 Å². The van der Waals surface area contributed by atoms with Crippen LogP contribution in [0, 0.1) is 11.8 Å². The predicted octanol–water partition coefficient (Wildman–Crippen LogP) is -0.353. The monoisotopic (exact) mass is 210 g/mol. The third-order valence-electron chi connectivity index (χ3n) is 3.25. The van der Waals surface area contributed by atoms with Crippen molar-refractivity contribution in [2.75, 3.05) is 6.54 Å². The number of imide groups is 1. The lowest BCUT2D eigenvalue weighted by Crippen LogP contribution is -2.38. The summed E-state index contributed by atoms with van der Waals surface area (Å²) in [5.74, 6) is -1.42. The highest BCUT2D eigenvalue weighted by molar-refractivity contribution is 6.07. The van der Waals surface area contributed by atoms with Crippen LogP contribution in [0.25, 0.3) is 0 Å². The molecule has 0 aromatic carbocycles. The number of rotatable bonds is 2. The second-order valence-corrected chi connectivity index (χ2v) is 4.23. The number of fused-ring (bicyclic) bond motifs is 1. The number of carbonyl (C=O) groups excluding carboxylic acids is 3. The molecule has 2 atom stereocenters. The topological polar surface area (TPSA) is 80.5 Å². The van der Waals surface area contributed by atoms with Crippen molar-refractivity contribution in [2.45, 2.75) is 25.7 Å². The molecule has 5 nitrogen and oxygen atoms in total. The first kappa shape index (κ1) is 10.1. The van der Waals surface area contributed by atoms with E-state index in [4.69, 9.17) is 5.73 Å². The van der Waals surface area contributed by atoms with Crippen molar-refractivity contribution in [3.8, 4) is 0 Å². The highest BCUT2D eigenvalue weighted by Crippen LogP contribution is 2.37. The second-order valence-electron chi connectivity index (χ2n) is 4.23. The molecule has 0 aromatic heterocycles. The maximum absolute atomic E-state index is 11.8. The molecule has 2 aliphatic rings. The van der Waals surface area contributed by atoms with Crippen molar-refractivity contribution in [1.82, 2.24) is 4.90 Å². The summed E-state index contributed by atoms with van der Waals surface area (Å²) in [5.41, 5.74) is 5.00. The third kappa shape index (κ3) is 1.62. The normalized spacial score (nSPS) is 30.5. The number of primary amides is 1. The van der Waals surface area contributed by atoms with Crippen LogP contribution in [0.5, 0.6) is 0 Å². The average Bonchev–Trinajstić information content (AvgIpc) is 2.44. The molecule has 15 heavy (non-hydrogen) atoms. The number of likely N-dealkylation sites (tertiary alicyclic amines) is 1. The molecule has 0 bridgehead atoms. The minimum absolute atomic E-state index is 0.189. The highest BCUT2D eigenvalue weighted by Gasteiger charge is 2.48. The van der Waals surface area contributed by atoms with Gasteiger partial charge in [0, 0.05) is 0 Å². The van der Waals surface area contributed by atoms with Gasteiger partial charge in [-0.15, -0.1) is 0 Å². The Balaban J connectivity index is 2.17. The van der Waals surface area contributed by atoms with Gasteiger partial charge < -0.3 is 5.73 Å². The quantitative estimate of drug-likeness (QED) is 0.632. The molecule has 0 spiro atoms. The summed E-state index contributed by atoms with van der Waals surface area (Å²) >= 11 is 0. The van der Waals surface area contributed by atoms with Crippen LogP contribution in [0.1, 0.15) is 25.7 Å². The van der Waals surface area contributed by atoms with Crippen LogP contribution < -0.4 is 5.73 Å². The summed E-state index contributed by atoms with van der Waals surface area (Å²) in [7, 11) is 0. The van der Waals surface area contributed by atoms with Crippen LogP contribution in [0.2, 0.25) is 0 Å². The Morgan fingerprint density at radius 3 is 2.07 bits per heavy atom. The number of amides is 3. The van der Waals surface area contributed by atoms with Crippen molar-refractivity contribution in [1.29, 1.82) is 0 Å². The first-order valence-electron chi connectivity index (χ1n) is 5.25. The molecule has 3 amide bonds. The Bertz CT molecular complexity index is 303. The van der Waals surface area contributed by atoms with E-state index < -0.39 is 5.91 Å². The molecule has 1 aliphatic heterocycles. The second kappa shape index (κ2) is 3.64. The van der Waals surface area contributed by atoms with E-state index in [-0.39, 0.29) is 30.2 Å².